The Labute approximate surface area is 184 Å². The summed E-state index contributed by atoms with van der Waals surface area (Å²) in [6.45, 7) is 1.36. The van der Waals surface area contributed by atoms with E-state index in [2.05, 4.69) is 5.32 Å². The molecule has 11 nitrogen and oxygen atoms in total. The lowest BCUT2D eigenvalue weighted by atomic mass is 10.1. The number of nitro benzene ring substituents is 1. The predicted octanol–water partition coefficient (Wildman–Crippen LogP) is 2.74. The van der Waals surface area contributed by atoms with Crippen LogP contribution in [-0.4, -0.2) is 51.3 Å². The molecule has 2 aromatic carbocycles. The molecule has 0 aromatic heterocycles. The maximum atomic E-state index is 12.4. The summed E-state index contributed by atoms with van der Waals surface area (Å²) in [7, 11) is 5.73. The third kappa shape index (κ3) is 5.78. The molecule has 2 rings (SSSR count). The maximum Gasteiger partial charge on any atom is 0.311 e. The Balaban J connectivity index is 2.08. The number of benzene rings is 2. The molecule has 0 bridgehead atoms. The molecule has 0 radical (unpaired) electrons. The number of ether oxygens (including phenoxy) is 5. The molecule has 0 aliphatic rings. The van der Waals surface area contributed by atoms with Crippen LogP contribution >= 0.6 is 0 Å². The van der Waals surface area contributed by atoms with Gasteiger partial charge in [-0.3, -0.25) is 19.7 Å². The lowest BCUT2D eigenvalue weighted by Crippen LogP contribution is -2.30. The van der Waals surface area contributed by atoms with E-state index in [0.29, 0.717) is 22.8 Å². The first-order chi connectivity index (χ1) is 15.2. The zero-order valence-corrected chi connectivity index (χ0v) is 18.3. The summed E-state index contributed by atoms with van der Waals surface area (Å²) in [6, 6.07) is 7.15. The molecule has 2 aromatic rings. The predicted molar refractivity (Wildman–Crippen MR) is 114 cm³/mol. The van der Waals surface area contributed by atoms with Crippen molar-refractivity contribution in [3.8, 4) is 23.0 Å². The van der Waals surface area contributed by atoms with Gasteiger partial charge in [0, 0.05) is 0 Å². The van der Waals surface area contributed by atoms with Gasteiger partial charge in [-0.1, -0.05) is 0 Å². The topological polar surface area (TPSA) is 135 Å². The molecular weight excluding hydrogens is 424 g/mol. The first-order valence-electron chi connectivity index (χ1n) is 9.35. The fourth-order valence-electron chi connectivity index (χ4n) is 2.83. The van der Waals surface area contributed by atoms with Crippen LogP contribution in [0.1, 0.15) is 12.5 Å². The van der Waals surface area contributed by atoms with Gasteiger partial charge < -0.3 is 29.0 Å². The van der Waals surface area contributed by atoms with Crippen LogP contribution in [0.4, 0.5) is 11.4 Å². The minimum Gasteiger partial charge on any atom is -0.496 e. The van der Waals surface area contributed by atoms with Crippen LogP contribution in [0.15, 0.2) is 30.3 Å². The minimum absolute atomic E-state index is 0.0478. The number of hydrogen-bond acceptors (Lipinski definition) is 9. The summed E-state index contributed by atoms with van der Waals surface area (Å²) < 4.78 is 25.9. The van der Waals surface area contributed by atoms with E-state index >= 15 is 0 Å². The van der Waals surface area contributed by atoms with Crippen molar-refractivity contribution in [3.63, 3.8) is 0 Å². The summed E-state index contributed by atoms with van der Waals surface area (Å²) in [5.74, 6) is -0.0392. The molecule has 0 aliphatic heterocycles. The first kappa shape index (κ1) is 24.3. The average Bonchev–Trinajstić information content (AvgIpc) is 2.78. The largest absolute Gasteiger partial charge is 0.496 e. The number of nitro groups is 1. The van der Waals surface area contributed by atoms with E-state index in [1.165, 1.54) is 53.6 Å². The number of anilines is 1. The molecule has 0 saturated heterocycles. The highest BCUT2D eigenvalue weighted by molar-refractivity contribution is 5.97. The van der Waals surface area contributed by atoms with Crippen molar-refractivity contribution in [2.75, 3.05) is 33.8 Å². The van der Waals surface area contributed by atoms with E-state index in [-0.39, 0.29) is 23.5 Å². The number of nitrogens with zero attached hydrogens (tertiary/aromatic N) is 1. The first-order valence-corrected chi connectivity index (χ1v) is 9.35. The molecular formula is C21H24N2O9. The average molecular weight is 448 g/mol. The molecule has 11 heteroatoms. The molecule has 172 valence electrons. The van der Waals surface area contributed by atoms with Gasteiger partial charge >= 0.3 is 5.97 Å². The zero-order chi connectivity index (χ0) is 23.8. The number of hydrogen-bond donors (Lipinski definition) is 1. The van der Waals surface area contributed by atoms with Crippen LogP contribution in [0, 0.1) is 10.1 Å². The standard InChI is InChI=1S/C21H24N2O9/c1-12(21(25)22-15-7-6-14(28-2)11-16(15)23(26)27)32-19(24)10-13-8-17(29-3)20(31-5)18(9-13)30-4/h6-9,11-12H,10H2,1-5H3,(H,22,25). The molecule has 1 amide bonds. The summed E-state index contributed by atoms with van der Waals surface area (Å²) >= 11 is 0. The van der Waals surface area contributed by atoms with Crippen LogP contribution in [0.2, 0.25) is 0 Å². The van der Waals surface area contributed by atoms with Gasteiger partial charge in [-0.05, 0) is 36.8 Å². The Morgan fingerprint density at radius 3 is 2.12 bits per heavy atom. The molecule has 1 N–H and O–H groups in total. The van der Waals surface area contributed by atoms with E-state index in [1.807, 2.05) is 0 Å². The Kier molecular flexibility index (Phi) is 8.22. The SMILES string of the molecule is COc1ccc(NC(=O)C(C)OC(=O)Cc2cc(OC)c(OC)c(OC)c2)c([N+](=O)[O-])c1. The number of amides is 1. The smallest absolute Gasteiger partial charge is 0.311 e. The zero-order valence-electron chi connectivity index (χ0n) is 18.3. The molecule has 0 spiro atoms. The lowest BCUT2D eigenvalue weighted by molar-refractivity contribution is -0.384. The van der Waals surface area contributed by atoms with Crippen molar-refractivity contribution < 1.29 is 38.2 Å². The second kappa shape index (κ2) is 10.8. The molecule has 0 saturated carbocycles. The highest BCUT2D eigenvalue weighted by Gasteiger charge is 2.23. The lowest BCUT2D eigenvalue weighted by Gasteiger charge is -2.16. The Bertz CT molecular complexity index is 982. The van der Waals surface area contributed by atoms with E-state index < -0.39 is 22.9 Å². The summed E-state index contributed by atoms with van der Waals surface area (Å²) in [4.78, 5) is 35.4. The third-order valence-corrected chi connectivity index (χ3v) is 4.41. The molecule has 32 heavy (non-hydrogen) atoms. The number of carbonyl (C=O) groups is 2. The maximum absolute atomic E-state index is 12.4. The number of methoxy groups -OCH3 is 4. The van der Waals surface area contributed by atoms with Gasteiger partial charge in [0.2, 0.25) is 5.75 Å². The molecule has 0 aliphatic carbocycles. The van der Waals surface area contributed by atoms with Crippen molar-refractivity contribution in [1.29, 1.82) is 0 Å². The third-order valence-electron chi connectivity index (χ3n) is 4.41. The summed E-state index contributed by atoms with van der Waals surface area (Å²) in [6.07, 6.45) is -1.37. The van der Waals surface area contributed by atoms with E-state index in [4.69, 9.17) is 23.7 Å². The molecule has 0 heterocycles. The molecule has 1 unspecified atom stereocenters. The van der Waals surface area contributed by atoms with Gasteiger partial charge in [-0.25, -0.2) is 0 Å². The van der Waals surface area contributed by atoms with Crippen molar-refractivity contribution in [1.82, 2.24) is 0 Å². The van der Waals surface area contributed by atoms with Gasteiger partial charge in [0.25, 0.3) is 11.6 Å². The van der Waals surface area contributed by atoms with Crippen LogP contribution in [0.25, 0.3) is 0 Å². The van der Waals surface area contributed by atoms with E-state index in [9.17, 15) is 19.7 Å². The van der Waals surface area contributed by atoms with E-state index in [0.717, 1.165) is 0 Å². The highest BCUT2D eigenvalue weighted by atomic mass is 16.6. The Hall–Kier alpha value is -4.02. The van der Waals surface area contributed by atoms with Crippen molar-refractivity contribution in [2.45, 2.75) is 19.4 Å². The van der Waals surface area contributed by atoms with Crippen LogP contribution in [-0.2, 0) is 20.7 Å². The number of carbonyl (C=O) groups excluding carboxylic acids is 2. The summed E-state index contributed by atoms with van der Waals surface area (Å²) in [5.41, 5.74) is 0.116. The van der Waals surface area contributed by atoms with Crippen molar-refractivity contribution in [3.05, 3.63) is 46.0 Å². The van der Waals surface area contributed by atoms with Crippen molar-refractivity contribution in [2.24, 2.45) is 0 Å². The van der Waals surface area contributed by atoms with Gasteiger partial charge in [0.1, 0.15) is 11.4 Å². The molecule has 1 atom stereocenters. The molecule has 0 fully saturated rings. The van der Waals surface area contributed by atoms with Crippen LogP contribution < -0.4 is 24.3 Å². The normalized spacial score (nSPS) is 11.2. The van der Waals surface area contributed by atoms with Gasteiger partial charge in [0.05, 0.1) is 45.8 Å². The fourth-order valence-corrected chi connectivity index (χ4v) is 2.83. The second-order valence-corrected chi connectivity index (χ2v) is 6.47. The monoisotopic (exact) mass is 448 g/mol. The fraction of sp³-hybridized carbons (Fsp3) is 0.333. The minimum atomic E-state index is -1.20. The van der Waals surface area contributed by atoms with Gasteiger partial charge in [-0.15, -0.1) is 0 Å². The Morgan fingerprint density at radius 1 is 1.00 bits per heavy atom. The summed E-state index contributed by atoms with van der Waals surface area (Å²) in [5, 5.41) is 13.7. The number of nitrogens with one attached hydrogen (secondary N) is 1. The van der Waals surface area contributed by atoms with E-state index in [1.54, 1.807) is 12.1 Å². The Morgan fingerprint density at radius 2 is 1.62 bits per heavy atom. The van der Waals surface area contributed by atoms with Gasteiger partial charge in [-0.2, -0.15) is 0 Å². The second-order valence-electron chi connectivity index (χ2n) is 6.47. The quantitative estimate of drug-likeness (QED) is 0.330. The number of esters is 1. The van der Waals surface area contributed by atoms with Gasteiger partial charge in [0.15, 0.2) is 17.6 Å². The van der Waals surface area contributed by atoms with Crippen LogP contribution in [0.5, 0.6) is 23.0 Å². The highest BCUT2D eigenvalue weighted by Crippen LogP contribution is 2.38. The number of rotatable bonds is 10. The van der Waals surface area contributed by atoms with Crippen molar-refractivity contribution >= 4 is 23.3 Å². The van der Waals surface area contributed by atoms with Crippen LogP contribution in [0.3, 0.4) is 0 Å².